The molecule has 1 heterocycles. The lowest BCUT2D eigenvalue weighted by molar-refractivity contribution is 0.0844. The second-order valence-electron chi connectivity index (χ2n) is 5.57. The molecule has 0 bridgehead atoms. The van der Waals surface area contributed by atoms with Crippen molar-refractivity contribution >= 4 is 11.8 Å². The number of amides is 2. The van der Waals surface area contributed by atoms with Gasteiger partial charge in [0, 0.05) is 11.1 Å². The van der Waals surface area contributed by atoms with Crippen LogP contribution in [-0.4, -0.2) is 28.6 Å². The van der Waals surface area contributed by atoms with Crippen LogP contribution < -0.4 is 15.6 Å². The quantitative estimate of drug-likeness (QED) is 0.464. The number of hydrogen-bond acceptors (Lipinski definition) is 4. The second kappa shape index (κ2) is 8.48. The first-order valence-corrected chi connectivity index (χ1v) is 8.22. The van der Waals surface area contributed by atoms with Gasteiger partial charge in [-0.3, -0.25) is 25.5 Å². The summed E-state index contributed by atoms with van der Waals surface area (Å²) in [6, 6.07) is 17.6. The summed E-state index contributed by atoms with van der Waals surface area (Å²) in [6.07, 6.45) is 1.63. The van der Waals surface area contributed by atoms with Gasteiger partial charge >= 0.3 is 0 Å². The van der Waals surface area contributed by atoms with Gasteiger partial charge < -0.3 is 4.74 Å². The number of carbonyl (C=O) groups excluding carboxylic acids is 2. The van der Waals surface area contributed by atoms with Crippen LogP contribution in [-0.2, 0) is 0 Å². The van der Waals surface area contributed by atoms with Crippen LogP contribution in [0.2, 0.25) is 0 Å². The maximum atomic E-state index is 12.2. The molecule has 7 nitrogen and oxygen atoms in total. The molecule has 2 aromatic carbocycles. The van der Waals surface area contributed by atoms with Crippen LogP contribution in [0, 0.1) is 0 Å². The summed E-state index contributed by atoms with van der Waals surface area (Å²) in [7, 11) is 0. The number of aromatic amines is 1. The van der Waals surface area contributed by atoms with Crippen molar-refractivity contribution in [3.8, 4) is 17.0 Å². The van der Waals surface area contributed by atoms with Crippen molar-refractivity contribution in [1.82, 2.24) is 21.0 Å². The monoisotopic (exact) mass is 362 g/mol. The lowest BCUT2D eigenvalue weighted by Crippen LogP contribution is -2.41. The normalized spacial score (nSPS) is 10.1. The number of hydrogen-bond donors (Lipinski definition) is 3. The van der Waals surface area contributed by atoms with E-state index in [1.165, 1.54) is 0 Å². The van der Waals surface area contributed by atoms with E-state index >= 15 is 0 Å². The largest absolute Gasteiger partial charge is 0.490 e. The topological polar surface area (TPSA) is 96.1 Å². The molecule has 3 N–H and O–H groups in total. The van der Waals surface area contributed by atoms with Gasteiger partial charge in [-0.1, -0.05) is 43.0 Å². The number of nitrogens with one attached hydrogen (secondary N) is 3. The molecule has 0 fully saturated rings. The molecular weight excluding hydrogens is 344 g/mol. The summed E-state index contributed by atoms with van der Waals surface area (Å²) < 4.78 is 5.35. The lowest BCUT2D eigenvalue weighted by Gasteiger charge is -2.07. The zero-order valence-electron chi connectivity index (χ0n) is 14.4. The van der Waals surface area contributed by atoms with E-state index in [2.05, 4.69) is 27.6 Å². The molecule has 0 radical (unpaired) electrons. The molecule has 0 saturated heterocycles. The van der Waals surface area contributed by atoms with Gasteiger partial charge in [0.2, 0.25) is 0 Å². The fourth-order valence-corrected chi connectivity index (χ4v) is 2.31. The molecule has 0 saturated carbocycles. The van der Waals surface area contributed by atoms with Crippen LogP contribution in [0.25, 0.3) is 11.3 Å². The SMILES string of the molecule is C=CCOc1ccc(C(=O)NNC(=O)c2cc(-c3ccccc3)n[nH]2)cc1. The highest BCUT2D eigenvalue weighted by Gasteiger charge is 2.12. The number of nitrogens with zero attached hydrogens (tertiary/aromatic N) is 1. The molecular formula is C20H18N4O3. The molecule has 0 unspecified atom stereocenters. The third-order valence-corrected chi connectivity index (χ3v) is 3.67. The molecule has 136 valence electrons. The Morgan fingerprint density at radius 3 is 2.44 bits per heavy atom. The van der Waals surface area contributed by atoms with Crippen LogP contribution in [0.5, 0.6) is 5.75 Å². The highest BCUT2D eigenvalue weighted by molar-refractivity contribution is 5.98. The number of rotatable bonds is 6. The fourth-order valence-electron chi connectivity index (χ4n) is 2.31. The Balaban J connectivity index is 1.56. The Morgan fingerprint density at radius 2 is 1.74 bits per heavy atom. The van der Waals surface area contributed by atoms with Gasteiger partial charge in [-0.05, 0) is 30.3 Å². The van der Waals surface area contributed by atoms with Crippen LogP contribution >= 0.6 is 0 Å². The third-order valence-electron chi connectivity index (χ3n) is 3.67. The summed E-state index contributed by atoms with van der Waals surface area (Å²) in [4.78, 5) is 24.3. The highest BCUT2D eigenvalue weighted by atomic mass is 16.5. The molecule has 2 amide bonds. The Morgan fingerprint density at radius 1 is 1.04 bits per heavy atom. The summed E-state index contributed by atoms with van der Waals surface area (Å²) in [6.45, 7) is 3.96. The van der Waals surface area contributed by atoms with Crippen molar-refractivity contribution < 1.29 is 14.3 Å². The van der Waals surface area contributed by atoms with E-state index < -0.39 is 11.8 Å². The number of H-pyrrole nitrogens is 1. The Bertz CT molecular complexity index is 933. The predicted molar refractivity (Wildman–Crippen MR) is 101 cm³/mol. The van der Waals surface area contributed by atoms with E-state index in [1.807, 2.05) is 30.3 Å². The molecule has 27 heavy (non-hydrogen) atoms. The van der Waals surface area contributed by atoms with Crippen LogP contribution in [0.3, 0.4) is 0 Å². The van der Waals surface area contributed by atoms with E-state index in [0.717, 1.165) is 5.56 Å². The zero-order chi connectivity index (χ0) is 19.1. The summed E-state index contributed by atoms with van der Waals surface area (Å²) >= 11 is 0. The van der Waals surface area contributed by atoms with E-state index in [1.54, 1.807) is 36.4 Å². The van der Waals surface area contributed by atoms with E-state index in [-0.39, 0.29) is 5.69 Å². The number of hydrazine groups is 1. The van der Waals surface area contributed by atoms with Gasteiger partial charge in [-0.25, -0.2) is 0 Å². The summed E-state index contributed by atoms with van der Waals surface area (Å²) in [5, 5.41) is 6.76. The van der Waals surface area contributed by atoms with Gasteiger partial charge in [0.25, 0.3) is 11.8 Å². The van der Waals surface area contributed by atoms with Crippen molar-refractivity contribution in [2.45, 2.75) is 0 Å². The van der Waals surface area contributed by atoms with Crippen LogP contribution in [0.1, 0.15) is 20.8 Å². The minimum atomic E-state index is -0.496. The van der Waals surface area contributed by atoms with Crippen molar-refractivity contribution in [3.05, 3.63) is 84.6 Å². The van der Waals surface area contributed by atoms with Gasteiger partial charge in [-0.2, -0.15) is 5.10 Å². The summed E-state index contributed by atoms with van der Waals surface area (Å²) in [5.74, 6) is -0.313. The van der Waals surface area contributed by atoms with Gasteiger partial charge in [0.15, 0.2) is 0 Å². The summed E-state index contributed by atoms with van der Waals surface area (Å²) in [5.41, 5.74) is 6.87. The number of ether oxygens (including phenoxy) is 1. The molecule has 0 spiro atoms. The number of carbonyl (C=O) groups is 2. The molecule has 1 aromatic heterocycles. The van der Waals surface area contributed by atoms with Crippen LogP contribution in [0.4, 0.5) is 0 Å². The second-order valence-corrected chi connectivity index (χ2v) is 5.57. The standard InChI is InChI=1S/C20H18N4O3/c1-2-12-27-16-10-8-15(9-11-16)19(25)23-24-20(26)18-13-17(21-22-18)14-6-4-3-5-7-14/h2-11,13H,1,12H2,(H,21,22)(H,23,25)(H,24,26). The Kier molecular flexibility index (Phi) is 5.64. The lowest BCUT2D eigenvalue weighted by atomic mass is 10.1. The smallest absolute Gasteiger partial charge is 0.287 e. The maximum absolute atomic E-state index is 12.2. The molecule has 0 atom stereocenters. The Labute approximate surface area is 156 Å². The first-order valence-electron chi connectivity index (χ1n) is 8.22. The highest BCUT2D eigenvalue weighted by Crippen LogP contribution is 2.16. The molecule has 0 aliphatic heterocycles. The molecule has 0 aliphatic rings. The van der Waals surface area contributed by atoms with Crippen molar-refractivity contribution in [2.24, 2.45) is 0 Å². The average molecular weight is 362 g/mol. The van der Waals surface area contributed by atoms with E-state index in [0.29, 0.717) is 23.6 Å². The van der Waals surface area contributed by atoms with Gasteiger partial charge in [-0.15, -0.1) is 0 Å². The van der Waals surface area contributed by atoms with Crippen LogP contribution in [0.15, 0.2) is 73.3 Å². The van der Waals surface area contributed by atoms with E-state index in [9.17, 15) is 9.59 Å². The zero-order valence-corrected chi connectivity index (χ0v) is 14.4. The fraction of sp³-hybridized carbons (Fsp3) is 0.0500. The Hall–Kier alpha value is -3.87. The minimum Gasteiger partial charge on any atom is -0.490 e. The van der Waals surface area contributed by atoms with Gasteiger partial charge in [0.1, 0.15) is 18.1 Å². The predicted octanol–water partition coefficient (Wildman–Crippen LogP) is 2.72. The number of aromatic nitrogens is 2. The minimum absolute atomic E-state index is 0.238. The van der Waals surface area contributed by atoms with E-state index in [4.69, 9.17) is 4.74 Å². The molecule has 0 aliphatic carbocycles. The first-order chi connectivity index (χ1) is 13.2. The van der Waals surface area contributed by atoms with Crippen molar-refractivity contribution in [1.29, 1.82) is 0 Å². The van der Waals surface area contributed by atoms with Gasteiger partial charge in [0.05, 0.1) is 5.69 Å². The third kappa shape index (κ3) is 4.60. The van der Waals surface area contributed by atoms with Crippen molar-refractivity contribution in [3.63, 3.8) is 0 Å². The maximum Gasteiger partial charge on any atom is 0.287 e. The van der Waals surface area contributed by atoms with Crippen molar-refractivity contribution in [2.75, 3.05) is 6.61 Å². The molecule has 3 aromatic rings. The average Bonchev–Trinajstić information content (AvgIpc) is 3.21. The molecule has 3 rings (SSSR count). The first kappa shape index (κ1) is 17.9. The number of benzene rings is 2. The molecule has 7 heteroatoms.